The second kappa shape index (κ2) is 7.53. The number of aliphatic hydroxyl groups excluding tert-OH is 1. The number of phenolic OH excluding ortho intramolecular Hbond substituents is 1. The van der Waals surface area contributed by atoms with Crippen LogP contribution >= 0.6 is 0 Å². The molecule has 1 aliphatic rings. The Hall–Kier alpha value is -3.04. The van der Waals surface area contributed by atoms with Gasteiger partial charge in [0.2, 0.25) is 0 Å². The Morgan fingerprint density at radius 3 is 2.75 bits per heavy atom. The minimum absolute atomic E-state index is 0.0422. The van der Waals surface area contributed by atoms with Crippen molar-refractivity contribution in [3.8, 4) is 28.7 Å². The zero-order chi connectivity index (χ0) is 19.7. The van der Waals surface area contributed by atoms with Gasteiger partial charge in [0.15, 0.2) is 5.65 Å². The predicted octanol–water partition coefficient (Wildman–Crippen LogP) is 3.10. The summed E-state index contributed by atoms with van der Waals surface area (Å²) in [7, 11) is 0. The number of hydrogen-bond acceptors (Lipinski definition) is 4. The summed E-state index contributed by atoms with van der Waals surface area (Å²) < 4.78 is 1.49. The maximum Gasteiger partial charge on any atom is 0.280 e. The number of hydrogen-bond donors (Lipinski definition) is 3. The molecule has 6 heteroatoms. The molecule has 28 heavy (non-hydrogen) atoms. The smallest absolute Gasteiger partial charge is 0.280 e. The molecular formula is C22H23N3O3. The van der Waals surface area contributed by atoms with Gasteiger partial charge in [-0.05, 0) is 43.9 Å². The molecule has 0 amide bonds. The number of nitrogens with zero attached hydrogens (tertiary/aromatic N) is 2. The summed E-state index contributed by atoms with van der Waals surface area (Å²) in [6, 6.07) is 4.85. The summed E-state index contributed by atoms with van der Waals surface area (Å²) in [5.74, 6) is 5.67. The summed E-state index contributed by atoms with van der Waals surface area (Å²) in [5.41, 5.74) is 3.87. The van der Waals surface area contributed by atoms with Gasteiger partial charge in [0, 0.05) is 28.6 Å². The summed E-state index contributed by atoms with van der Waals surface area (Å²) in [6.45, 7) is 1.74. The second-order valence-corrected chi connectivity index (χ2v) is 7.31. The van der Waals surface area contributed by atoms with Crippen molar-refractivity contribution in [2.45, 2.75) is 44.9 Å². The molecule has 2 heterocycles. The van der Waals surface area contributed by atoms with Gasteiger partial charge in [-0.15, -0.1) is 0 Å². The molecule has 1 aromatic carbocycles. The first kappa shape index (κ1) is 18.3. The lowest BCUT2D eigenvalue weighted by molar-refractivity contribution is 0.350. The molecule has 0 spiro atoms. The molecule has 4 rings (SSSR count). The number of fused-ring (bicyclic) bond motifs is 1. The molecule has 0 radical (unpaired) electrons. The van der Waals surface area contributed by atoms with E-state index in [0.717, 1.165) is 24.1 Å². The van der Waals surface area contributed by atoms with Gasteiger partial charge in [0.25, 0.3) is 5.56 Å². The van der Waals surface area contributed by atoms with Crippen LogP contribution < -0.4 is 5.56 Å². The third-order valence-electron chi connectivity index (χ3n) is 5.50. The van der Waals surface area contributed by atoms with Gasteiger partial charge in [-0.3, -0.25) is 9.89 Å². The molecule has 0 aliphatic heterocycles. The largest absolute Gasteiger partial charge is 0.507 e. The van der Waals surface area contributed by atoms with Crippen LogP contribution in [0.5, 0.6) is 5.75 Å². The van der Waals surface area contributed by atoms with Crippen LogP contribution in [0.2, 0.25) is 0 Å². The zero-order valence-corrected chi connectivity index (χ0v) is 15.8. The molecule has 0 unspecified atom stereocenters. The van der Waals surface area contributed by atoms with E-state index < -0.39 is 0 Å². The first-order valence-corrected chi connectivity index (χ1v) is 9.63. The minimum Gasteiger partial charge on any atom is -0.507 e. The average Bonchev–Trinajstić information content (AvgIpc) is 3.05. The van der Waals surface area contributed by atoms with Gasteiger partial charge in [-0.25, -0.2) is 9.50 Å². The lowest BCUT2D eigenvalue weighted by atomic mass is 9.84. The molecule has 0 saturated heterocycles. The van der Waals surface area contributed by atoms with E-state index in [4.69, 9.17) is 5.11 Å². The van der Waals surface area contributed by atoms with Crippen LogP contribution in [0.1, 0.15) is 54.8 Å². The third-order valence-corrected chi connectivity index (χ3v) is 5.50. The standard InChI is InChI=1S/C22H23N3O3/c1-14-20(16-7-3-2-4-8-16)21-23-13-18(22(28)25(21)24-14)17-10-9-15(6-5-11-26)12-19(17)27/h9-10,12-13,16,24,26-27H,2-4,7-8,11H2,1H3. The normalized spacial score (nSPS) is 14.8. The molecule has 1 fully saturated rings. The van der Waals surface area contributed by atoms with Crippen LogP contribution in [0.15, 0.2) is 29.2 Å². The number of rotatable bonds is 2. The Labute approximate surface area is 162 Å². The molecular weight excluding hydrogens is 354 g/mol. The lowest BCUT2D eigenvalue weighted by Gasteiger charge is -2.21. The Kier molecular flexibility index (Phi) is 4.93. The van der Waals surface area contributed by atoms with E-state index in [0.29, 0.717) is 28.3 Å². The molecule has 144 valence electrons. The number of phenols is 1. The molecule has 6 nitrogen and oxygen atoms in total. The number of aromatic nitrogens is 3. The van der Waals surface area contributed by atoms with Crippen LogP contribution in [0, 0.1) is 18.8 Å². The van der Waals surface area contributed by atoms with Gasteiger partial charge in [-0.1, -0.05) is 31.1 Å². The van der Waals surface area contributed by atoms with Gasteiger partial charge < -0.3 is 10.2 Å². The van der Waals surface area contributed by atoms with Crippen molar-refractivity contribution in [3.05, 3.63) is 51.6 Å². The number of aliphatic hydroxyl groups is 1. The number of benzene rings is 1. The predicted molar refractivity (Wildman–Crippen MR) is 107 cm³/mol. The van der Waals surface area contributed by atoms with E-state index in [1.54, 1.807) is 18.3 Å². The van der Waals surface area contributed by atoms with Crippen molar-refractivity contribution >= 4 is 5.65 Å². The number of aromatic amines is 1. The molecule has 3 N–H and O–H groups in total. The molecule has 2 aromatic heterocycles. The molecule has 0 atom stereocenters. The lowest BCUT2D eigenvalue weighted by Crippen LogP contribution is -2.17. The van der Waals surface area contributed by atoms with Crippen LogP contribution in [0.25, 0.3) is 16.8 Å². The number of aromatic hydroxyl groups is 1. The van der Waals surface area contributed by atoms with E-state index >= 15 is 0 Å². The maximum atomic E-state index is 13.1. The quantitative estimate of drug-likeness (QED) is 0.599. The summed E-state index contributed by atoms with van der Waals surface area (Å²) >= 11 is 0. The molecule has 1 saturated carbocycles. The van der Waals surface area contributed by atoms with Crippen molar-refractivity contribution in [2.24, 2.45) is 0 Å². The van der Waals surface area contributed by atoms with Crippen molar-refractivity contribution in [3.63, 3.8) is 0 Å². The first-order chi connectivity index (χ1) is 13.6. The fourth-order valence-corrected chi connectivity index (χ4v) is 4.19. The van der Waals surface area contributed by atoms with Crippen molar-refractivity contribution in [1.29, 1.82) is 0 Å². The van der Waals surface area contributed by atoms with E-state index in [2.05, 4.69) is 21.9 Å². The van der Waals surface area contributed by atoms with Gasteiger partial charge in [0.1, 0.15) is 12.4 Å². The minimum atomic E-state index is -0.250. The molecule has 3 aromatic rings. The van der Waals surface area contributed by atoms with E-state index in [-0.39, 0.29) is 17.9 Å². The molecule has 1 aliphatic carbocycles. The fraction of sp³-hybridized carbons (Fsp3) is 0.364. The monoisotopic (exact) mass is 377 g/mol. The number of nitrogens with one attached hydrogen (secondary N) is 1. The van der Waals surface area contributed by atoms with Crippen LogP contribution in [-0.4, -0.2) is 31.4 Å². The second-order valence-electron chi connectivity index (χ2n) is 7.31. The highest BCUT2D eigenvalue weighted by Crippen LogP contribution is 2.36. The van der Waals surface area contributed by atoms with Crippen molar-refractivity contribution in [2.75, 3.05) is 6.61 Å². The SMILES string of the molecule is Cc1[nH]n2c(=O)c(-c3ccc(C#CCO)cc3O)cnc2c1C1CCCCC1. The maximum absolute atomic E-state index is 13.1. The topological polar surface area (TPSA) is 90.6 Å². The zero-order valence-electron chi connectivity index (χ0n) is 15.8. The van der Waals surface area contributed by atoms with Crippen LogP contribution in [-0.2, 0) is 0 Å². The molecule has 0 bridgehead atoms. The highest BCUT2D eigenvalue weighted by molar-refractivity contribution is 5.71. The van der Waals surface area contributed by atoms with Gasteiger partial charge in [0.05, 0.1) is 5.56 Å². The average molecular weight is 377 g/mol. The Morgan fingerprint density at radius 1 is 1.25 bits per heavy atom. The van der Waals surface area contributed by atoms with Crippen molar-refractivity contribution in [1.82, 2.24) is 14.6 Å². The summed E-state index contributed by atoms with van der Waals surface area (Å²) in [5, 5.41) is 22.4. The fourth-order valence-electron chi connectivity index (χ4n) is 4.19. The highest BCUT2D eigenvalue weighted by Gasteiger charge is 2.24. The first-order valence-electron chi connectivity index (χ1n) is 9.63. The van der Waals surface area contributed by atoms with Crippen LogP contribution in [0.3, 0.4) is 0 Å². The van der Waals surface area contributed by atoms with Gasteiger partial charge >= 0.3 is 0 Å². The van der Waals surface area contributed by atoms with Gasteiger partial charge in [-0.2, -0.15) is 0 Å². The summed E-state index contributed by atoms with van der Waals surface area (Å²) in [6.07, 6.45) is 7.50. The van der Waals surface area contributed by atoms with E-state index in [9.17, 15) is 9.90 Å². The van der Waals surface area contributed by atoms with E-state index in [1.165, 1.54) is 29.8 Å². The Balaban J connectivity index is 1.80. The van der Waals surface area contributed by atoms with Crippen molar-refractivity contribution < 1.29 is 10.2 Å². The number of H-pyrrole nitrogens is 1. The Morgan fingerprint density at radius 2 is 2.04 bits per heavy atom. The Bertz CT molecular complexity index is 1140. The highest BCUT2D eigenvalue weighted by atomic mass is 16.3. The summed E-state index contributed by atoms with van der Waals surface area (Å²) in [4.78, 5) is 17.7. The van der Waals surface area contributed by atoms with Crippen LogP contribution in [0.4, 0.5) is 0 Å². The van der Waals surface area contributed by atoms with E-state index in [1.807, 2.05) is 6.92 Å². The third kappa shape index (κ3) is 3.19. The number of aryl methyl sites for hydroxylation is 1.